The lowest BCUT2D eigenvalue weighted by Crippen LogP contribution is -2.38. The fraction of sp³-hybridized carbons (Fsp3) is 0.462. The maximum absolute atomic E-state index is 11.3. The third-order valence-electron chi connectivity index (χ3n) is 2.40. The molecule has 3 N–H and O–H groups in total. The fourth-order valence-electron chi connectivity index (χ4n) is 1.38. The number of aromatic hydroxyl groups is 1. The van der Waals surface area contributed by atoms with Crippen LogP contribution in [0.15, 0.2) is 24.3 Å². The highest BCUT2D eigenvalue weighted by Crippen LogP contribution is 2.09. The smallest absolute Gasteiger partial charge is 0.316 e. The Morgan fingerprint density at radius 2 is 1.95 bits per heavy atom. The normalized spacial score (nSPS) is 10.2. The lowest BCUT2D eigenvalue weighted by atomic mass is 10.1. The SMILES string of the molecule is COCCOCNC(=O)NCCc1ccc(O)cc1. The van der Waals surface area contributed by atoms with Crippen molar-refractivity contribution in [2.45, 2.75) is 6.42 Å². The van der Waals surface area contributed by atoms with Gasteiger partial charge in [-0.05, 0) is 24.1 Å². The van der Waals surface area contributed by atoms with E-state index < -0.39 is 0 Å². The van der Waals surface area contributed by atoms with Crippen molar-refractivity contribution >= 4 is 6.03 Å². The molecule has 0 aliphatic rings. The predicted molar refractivity (Wildman–Crippen MR) is 71.0 cm³/mol. The van der Waals surface area contributed by atoms with Gasteiger partial charge in [-0.25, -0.2) is 4.79 Å². The van der Waals surface area contributed by atoms with Gasteiger partial charge in [0, 0.05) is 13.7 Å². The predicted octanol–water partition coefficient (Wildman–Crippen LogP) is 0.854. The number of hydrogen-bond donors (Lipinski definition) is 3. The van der Waals surface area contributed by atoms with Crippen LogP contribution in [-0.4, -0.2) is 44.7 Å². The van der Waals surface area contributed by atoms with Crippen LogP contribution in [0.5, 0.6) is 5.75 Å². The van der Waals surface area contributed by atoms with Crippen molar-refractivity contribution in [1.82, 2.24) is 10.6 Å². The van der Waals surface area contributed by atoms with E-state index in [1.807, 2.05) is 12.1 Å². The van der Waals surface area contributed by atoms with Crippen molar-refractivity contribution in [2.75, 3.05) is 33.6 Å². The number of hydrogen-bond acceptors (Lipinski definition) is 4. The second-order valence-electron chi connectivity index (χ2n) is 3.89. The first-order chi connectivity index (χ1) is 9.22. The summed E-state index contributed by atoms with van der Waals surface area (Å²) in [5.74, 6) is 0.239. The summed E-state index contributed by atoms with van der Waals surface area (Å²) < 4.78 is 9.90. The Morgan fingerprint density at radius 1 is 1.21 bits per heavy atom. The molecule has 1 rings (SSSR count). The van der Waals surface area contributed by atoms with Gasteiger partial charge in [-0.15, -0.1) is 0 Å². The highest BCUT2D eigenvalue weighted by Gasteiger charge is 1.99. The van der Waals surface area contributed by atoms with E-state index in [1.54, 1.807) is 19.2 Å². The van der Waals surface area contributed by atoms with Crippen molar-refractivity contribution < 1.29 is 19.4 Å². The van der Waals surface area contributed by atoms with E-state index in [0.717, 1.165) is 5.56 Å². The van der Waals surface area contributed by atoms with Crippen LogP contribution in [0.25, 0.3) is 0 Å². The summed E-state index contributed by atoms with van der Waals surface area (Å²) in [5, 5.41) is 14.4. The Kier molecular flexibility index (Phi) is 7.38. The second-order valence-corrected chi connectivity index (χ2v) is 3.89. The number of carbonyl (C=O) groups excluding carboxylic acids is 1. The monoisotopic (exact) mass is 268 g/mol. The van der Waals surface area contributed by atoms with E-state index in [9.17, 15) is 4.79 Å². The molecule has 0 atom stereocenters. The zero-order chi connectivity index (χ0) is 13.9. The van der Waals surface area contributed by atoms with Crippen molar-refractivity contribution in [2.24, 2.45) is 0 Å². The van der Waals surface area contributed by atoms with Gasteiger partial charge in [0.15, 0.2) is 0 Å². The van der Waals surface area contributed by atoms with Gasteiger partial charge in [-0.1, -0.05) is 12.1 Å². The Hall–Kier alpha value is -1.79. The first-order valence-corrected chi connectivity index (χ1v) is 6.08. The summed E-state index contributed by atoms with van der Waals surface area (Å²) in [4.78, 5) is 11.3. The molecular formula is C13H20N2O4. The van der Waals surface area contributed by atoms with Crippen LogP contribution >= 0.6 is 0 Å². The number of phenolic OH excluding ortho intramolecular Hbond substituents is 1. The summed E-state index contributed by atoms with van der Waals surface area (Å²) in [6.45, 7) is 1.64. The first kappa shape index (κ1) is 15.3. The minimum absolute atomic E-state index is 0.161. The zero-order valence-corrected chi connectivity index (χ0v) is 11.0. The third-order valence-corrected chi connectivity index (χ3v) is 2.40. The first-order valence-electron chi connectivity index (χ1n) is 6.08. The van der Waals surface area contributed by atoms with Crippen LogP contribution in [-0.2, 0) is 15.9 Å². The molecule has 19 heavy (non-hydrogen) atoms. The molecule has 0 saturated carbocycles. The van der Waals surface area contributed by atoms with Crippen molar-refractivity contribution in [3.05, 3.63) is 29.8 Å². The molecular weight excluding hydrogens is 248 g/mol. The highest BCUT2D eigenvalue weighted by atomic mass is 16.5. The Balaban J connectivity index is 2.05. The fourth-order valence-corrected chi connectivity index (χ4v) is 1.38. The molecule has 0 heterocycles. The second kappa shape index (κ2) is 9.18. The van der Waals surface area contributed by atoms with Gasteiger partial charge in [0.25, 0.3) is 0 Å². The van der Waals surface area contributed by atoms with Crippen LogP contribution in [0.3, 0.4) is 0 Å². The number of benzene rings is 1. The molecule has 0 radical (unpaired) electrons. The maximum Gasteiger partial charge on any atom is 0.316 e. The average molecular weight is 268 g/mol. The summed E-state index contributed by atoms with van der Waals surface area (Å²) in [6.07, 6.45) is 0.707. The molecule has 1 aromatic rings. The average Bonchev–Trinajstić information content (AvgIpc) is 2.41. The van der Waals surface area contributed by atoms with E-state index in [2.05, 4.69) is 10.6 Å². The lowest BCUT2D eigenvalue weighted by Gasteiger charge is -2.08. The molecule has 0 unspecified atom stereocenters. The molecule has 0 spiro atoms. The number of ether oxygens (including phenoxy) is 2. The Labute approximate surface area is 112 Å². The molecule has 0 bridgehead atoms. The lowest BCUT2D eigenvalue weighted by molar-refractivity contribution is 0.0643. The van der Waals surface area contributed by atoms with E-state index in [4.69, 9.17) is 14.6 Å². The maximum atomic E-state index is 11.3. The number of urea groups is 1. The molecule has 106 valence electrons. The van der Waals surface area contributed by atoms with Gasteiger partial charge < -0.3 is 25.2 Å². The van der Waals surface area contributed by atoms with Gasteiger partial charge in [-0.2, -0.15) is 0 Å². The number of phenols is 1. The van der Waals surface area contributed by atoms with E-state index >= 15 is 0 Å². The van der Waals surface area contributed by atoms with E-state index in [-0.39, 0.29) is 18.5 Å². The van der Waals surface area contributed by atoms with Crippen LogP contribution in [0.2, 0.25) is 0 Å². The molecule has 0 aromatic heterocycles. The van der Waals surface area contributed by atoms with Crippen LogP contribution in [0.4, 0.5) is 4.79 Å². The summed E-state index contributed by atoms with van der Waals surface area (Å²) in [7, 11) is 1.59. The van der Waals surface area contributed by atoms with E-state index in [0.29, 0.717) is 26.2 Å². The molecule has 0 fully saturated rings. The quantitative estimate of drug-likeness (QED) is 0.482. The molecule has 0 aliphatic heterocycles. The molecule has 1 aromatic carbocycles. The van der Waals surface area contributed by atoms with Crippen molar-refractivity contribution in [3.8, 4) is 5.75 Å². The number of nitrogens with one attached hydrogen (secondary N) is 2. The molecule has 0 aliphatic carbocycles. The highest BCUT2D eigenvalue weighted by molar-refractivity contribution is 5.73. The van der Waals surface area contributed by atoms with Crippen molar-refractivity contribution in [1.29, 1.82) is 0 Å². The van der Waals surface area contributed by atoms with Crippen LogP contribution in [0.1, 0.15) is 5.56 Å². The van der Waals surface area contributed by atoms with Gasteiger partial charge >= 0.3 is 6.03 Å². The molecule has 6 nitrogen and oxygen atoms in total. The molecule has 0 saturated heterocycles. The van der Waals surface area contributed by atoms with Gasteiger partial charge in [0.1, 0.15) is 12.5 Å². The molecule has 6 heteroatoms. The largest absolute Gasteiger partial charge is 0.508 e. The van der Waals surface area contributed by atoms with E-state index in [1.165, 1.54) is 0 Å². The number of carbonyl (C=O) groups is 1. The van der Waals surface area contributed by atoms with Gasteiger partial charge in [-0.3, -0.25) is 0 Å². The molecule has 2 amide bonds. The Morgan fingerprint density at radius 3 is 2.63 bits per heavy atom. The standard InChI is InChI=1S/C13H20N2O4/c1-18-8-9-19-10-15-13(17)14-7-6-11-2-4-12(16)5-3-11/h2-5,16H,6-10H2,1H3,(H2,14,15,17). The van der Waals surface area contributed by atoms with Gasteiger partial charge in [0.2, 0.25) is 0 Å². The summed E-state index contributed by atoms with van der Waals surface area (Å²) in [6, 6.07) is 6.63. The number of amides is 2. The number of methoxy groups -OCH3 is 1. The minimum atomic E-state index is -0.267. The summed E-state index contributed by atoms with van der Waals surface area (Å²) >= 11 is 0. The van der Waals surface area contributed by atoms with Crippen LogP contribution < -0.4 is 10.6 Å². The minimum Gasteiger partial charge on any atom is -0.508 e. The zero-order valence-electron chi connectivity index (χ0n) is 11.0. The number of rotatable bonds is 8. The van der Waals surface area contributed by atoms with Gasteiger partial charge in [0.05, 0.1) is 13.2 Å². The third kappa shape index (κ3) is 7.28. The summed E-state index contributed by atoms with van der Waals surface area (Å²) in [5.41, 5.74) is 1.05. The topological polar surface area (TPSA) is 79.8 Å². The van der Waals surface area contributed by atoms with Crippen LogP contribution in [0, 0.1) is 0 Å². The Bertz CT molecular complexity index is 367. The van der Waals surface area contributed by atoms with Crippen molar-refractivity contribution in [3.63, 3.8) is 0 Å².